The predicted molar refractivity (Wildman–Crippen MR) is 53.2 cm³/mol. The van der Waals surface area contributed by atoms with Gasteiger partial charge in [-0.2, -0.15) is 0 Å². The van der Waals surface area contributed by atoms with Crippen LogP contribution in [-0.4, -0.2) is 27.9 Å². The zero-order valence-corrected chi connectivity index (χ0v) is 9.67. The van der Waals surface area contributed by atoms with Crippen LogP contribution >= 0.6 is 0 Å². The molecule has 0 fully saturated rings. The van der Waals surface area contributed by atoms with Gasteiger partial charge in [-0.15, -0.1) is 0 Å². The van der Waals surface area contributed by atoms with Crippen LogP contribution in [0.2, 0.25) is 0 Å². The van der Waals surface area contributed by atoms with Crippen molar-refractivity contribution >= 4 is 34.0 Å². The topological polar surface area (TPSA) is 0 Å². The second-order valence-corrected chi connectivity index (χ2v) is 4.58. The van der Waals surface area contributed by atoms with Gasteiger partial charge in [-0.3, -0.25) is 0 Å². The van der Waals surface area contributed by atoms with Crippen molar-refractivity contribution in [3.8, 4) is 0 Å². The number of allylic oxidation sites excluding steroid dienone is 1. The molecule has 56 valence electrons. The first-order valence-corrected chi connectivity index (χ1v) is 5.77. The second-order valence-electron chi connectivity index (χ2n) is 3.42. The maximum absolute atomic E-state index is 2.37. The van der Waals surface area contributed by atoms with Crippen LogP contribution in [0.15, 0.2) is 29.8 Å². The van der Waals surface area contributed by atoms with Crippen molar-refractivity contribution in [1.29, 1.82) is 0 Å². The Bertz CT molecular complexity index is 326. The minimum absolute atomic E-state index is 0.784. The zero-order valence-electron chi connectivity index (χ0n) is 7.67. The van der Waals surface area contributed by atoms with Gasteiger partial charge in [-0.25, -0.2) is 0 Å². The molecule has 1 aromatic carbocycles. The molecule has 0 radical (unpaired) electrons. The van der Waals surface area contributed by atoms with Crippen LogP contribution in [0, 0.1) is 0 Å². The summed E-state index contributed by atoms with van der Waals surface area (Å²) in [6.45, 7) is 2.25. The fourth-order valence-corrected chi connectivity index (χ4v) is 3.07. The second kappa shape index (κ2) is 3.37. The van der Waals surface area contributed by atoms with Crippen molar-refractivity contribution in [3.05, 3.63) is 41.0 Å². The molecule has 0 aromatic heterocycles. The molecule has 12 heavy (non-hydrogen) atoms. The van der Waals surface area contributed by atoms with Gasteiger partial charge in [0.2, 0.25) is 0 Å². The van der Waals surface area contributed by atoms with E-state index in [4.69, 9.17) is 0 Å². The summed E-state index contributed by atoms with van der Waals surface area (Å²) < 4.78 is 0.784. The third kappa shape index (κ3) is 1.28. The van der Waals surface area contributed by atoms with E-state index < -0.39 is 0 Å². The van der Waals surface area contributed by atoms with E-state index >= 15 is 0 Å². The number of benzene rings is 1. The summed E-state index contributed by atoms with van der Waals surface area (Å²) in [5.41, 5.74) is 4.64. The number of rotatable bonds is 1. The summed E-state index contributed by atoms with van der Waals surface area (Å²) in [6.07, 6.45) is 3.58. The summed E-state index contributed by atoms with van der Waals surface area (Å²) in [7, 11) is 0. The normalized spacial score (nSPS) is 20.6. The Kier molecular flexibility index (Phi) is 2.40. The molecule has 1 unspecified atom stereocenters. The molecular formula is C11H11Na. The molecule has 1 atom stereocenters. The SMILES string of the molecule is CCC1=Cc2ccccc2[CH]1[Na]. The number of fused-ring (bicyclic) bond motifs is 1. The average Bonchev–Trinajstić information content (AvgIpc) is 2.44. The summed E-state index contributed by atoms with van der Waals surface area (Å²) in [4.78, 5) is 0. The predicted octanol–water partition coefficient (Wildman–Crippen LogP) is 2.70. The van der Waals surface area contributed by atoms with E-state index in [0.29, 0.717) is 0 Å². The van der Waals surface area contributed by atoms with Gasteiger partial charge in [-0.05, 0) is 0 Å². The molecule has 2 rings (SSSR count). The van der Waals surface area contributed by atoms with Crippen molar-refractivity contribution in [2.45, 2.75) is 16.5 Å². The summed E-state index contributed by atoms with van der Waals surface area (Å²) in [5.74, 6) is 0. The molecular weight excluding hydrogens is 155 g/mol. The Morgan fingerprint density at radius 2 is 2.08 bits per heavy atom. The molecule has 0 heterocycles. The van der Waals surface area contributed by atoms with E-state index in [1.165, 1.54) is 39.9 Å². The Morgan fingerprint density at radius 1 is 1.33 bits per heavy atom. The minimum atomic E-state index is 0.784. The first kappa shape index (κ1) is 8.55. The molecule has 0 aliphatic heterocycles. The van der Waals surface area contributed by atoms with Crippen molar-refractivity contribution in [1.82, 2.24) is 0 Å². The van der Waals surface area contributed by atoms with Gasteiger partial charge in [0.05, 0.1) is 0 Å². The first-order chi connectivity index (χ1) is 5.83. The van der Waals surface area contributed by atoms with Crippen LogP contribution in [0.5, 0.6) is 0 Å². The molecule has 0 spiro atoms. The van der Waals surface area contributed by atoms with Gasteiger partial charge in [0.25, 0.3) is 0 Å². The van der Waals surface area contributed by atoms with E-state index in [1.54, 1.807) is 11.1 Å². The van der Waals surface area contributed by atoms with E-state index in [1.807, 2.05) is 0 Å². The monoisotopic (exact) mass is 166 g/mol. The fourth-order valence-electron chi connectivity index (χ4n) is 1.97. The molecule has 1 aromatic rings. The molecule has 0 amide bonds. The Labute approximate surface area is 91.1 Å². The maximum atomic E-state index is 2.37. The van der Waals surface area contributed by atoms with Crippen LogP contribution in [0.1, 0.15) is 27.6 Å². The molecule has 0 N–H and O–H groups in total. The van der Waals surface area contributed by atoms with E-state index in [9.17, 15) is 0 Å². The van der Waals surface area contributed by atoms with Crippen molar-refractivity contribution in [2.24, 2.45) is 0 Å². The molecule has 0 nitrogen and oxygen atoms in total. The van der Waals surface area contributed by atoms with Crippen molar-refractivity contribution < 1.29 is 0 Å². The standard InChI is InChI=1S/C11H11.Na/c1-2-9-7-10-5-3-4-6-11(10)8-9;/h3-8H,2H2,1H3;. The van der Waals surface area contributed by atoms with Crippen molar-refractivity contribution in [3.63, 3.8) is 0 Å². The first-order valence-electron chi connectivity index (χ1n) is 4.62. The number of hydrogen-bond donors (Lipinski definition) is 0. The molecule has 0 saturated heterocycles. The molecule has 0 bridgehead atoms. The fraction of sp³-hybridized carbons (Fsp3) is 0.273. The Balaban J connectivity index is 2.47. The Hall–Kier alpha value is -0.0400. The Morgan fingerprint density at radius 3 is 2.75 bits per heavy atom. The molecule has 1 aliphatic carbocycles. The number of hydrogen-bond acceptors (Lipinski definition) is 0. The van der Waals surface area contributed by atoms with Gasteiger partial charge in [0.1, 0.15) is 0 Å². The summed E-state index contributed by atoms with van der Waals surface area (Å²) >= 11 is 1.25. The molecule has 0 saturated carbocycles. The van der Waals surface area contributed by atoms with Gasteiger partial charge in [0.15, 0.2) is 0 Å². The van der Waals surface area contributed by atoms with Gasteiger partial charge in [-0.1, -0.05) is 0 Å². The third-order valence-corrected chi connectivity index (χ3v) is 4.13. The third-order valence-electron chi connectivity index (χ3n) is 2.77. The molecule has 1 aliphatic rings. The summed E-state index contributed by atoms with van der Waals surface area (Å²) in [6, 6.07) is 8.77. The quantitative estimate of drug-likeness (QED) is 0.563. The average molecular weight is 166 g/mol. The van der Waals surface area contributed by atoms with E-state index in [2.05, 4.69) is 37.3 Å². The zero-order chi connectivity index (χ0) is 8.55. The van der Waals surface area contributed by atoms with Gasteiger partial charge >= 0.3 is 91.5 Å². The van der Waals surface area contributed by atoms with Gasteiger partial charge < -0.3 is 0 Å². The van der Waals surface area contributed by atoms with Crippen LogP contribution in [0.3, 0.4) is 0 Å². The van der Waals surface area contributed by atoms with Crippen LogP contribution < -0.4 is 0 Å². The van der Waals surface area contributed by atoms with E-state index in [-0.39, 0.29) is 0 Å². The molecule has 1 heteroatoms. The van der Waals surface area contributed by atoms with Crippen LogP contribution in [-0.2, 0) is 0 Å². The van der Waals surface area contributed by atoms with Crippen LogP contribution in [0.25, 0.3) is 6.08 Å². The van der Waals surface area contributed by atoms with Crippen molar-refractivity contribution in [2.75, 3.05) is 0 Å². The van der Waals surface area contributed by atoms with Gasteiger partial charge in [0, 0.05) is 0 Å². The van der Waals surface area contributed by atoms with E-state index in [0.717, 1.165) is 3.17 Å². The van der Waals surface area contributed by atoms with Crippen LogP contribution in [0.4, 0.5) is 0 Å². The summed E-state index contributed by atoms with van der Waals surface area (Å²) in [5, 5.41) is 0.